The largest absolute Gasteiger partial charge is 0.444 e. The lowest BCUT2D eigenvalue weighted by molar-refractivity contribution is -0.124. The summed E-state index contributed by atoms with van der Waals surface area (Å²) in [6.07, 6.45) is -0.470. The van der Waals surface area contributed by atoms with Crippen molar-refractivity contribution in [2.24, 2.45) is 5.92 Å². The number of amides is 1. The summed E-state index contributed by atoms with van der Waals surface area (Å²) in [4.78, 5) is 39.1. The van der Waals surface area contributed by atoms with Crippen molar-refractivity contribution in [3.05, 3.63) is 71.8 Å². The van der Waals surface area contributed by atoms with Crippen LogP contribution < -0.4 is 5.32 Å². The van der Waals surface area contributed by atoms with Gasteiger partial charge in [0.15, 0.2) is 0 Å². The Morgan fingerprint density at radius 2 is 1.38 bits per heavy atom. The molecule has 0 aromatic heterocycles. The first-order valence-corrected chi connectivity index (χ1v) is 12.9. The first-order chi connectivity index (χ1) is 16.2. The number of rotatable bonds is 10. The second-order valence-corrected chi connectivity index (χ2v) is 10.6. The molecule has 0 saturated heterocycles. The van der Waals surface area contributed by atoms with Crippen molar-refractivity contribution < 1.29 is 19.1 Å². The number of carbonyl (C=O) groups is 3. The lowest BCUT2D eigenvalue weighted by Gasteiger charge is -2.27. The van der Waals surface area contributed by atoms with Crippen molar-refractivity contribution in [3.63, 3.8) is 0 Å². The van der Waals surface area contributed by atoms with Crippen LogP contribution in [0.15, 0.2) is 60.7 Å². The molecule has 0 aliphatic rings. The van der Waals surface area contributed by atoms with Crippen LogP contribution in [0.2, 0.25) is 0 Å². The molecule has 0 fully saturated rings. The molecule has 0 saturated carbocycles. The van der Waals surface area contributed by atoms with Crippen LogP contribution in [0.3, 0.4) is 0 Å². The van der Waals surface area contributed by atoms with E-state index >= 15 is 0 Å². The number of ether oxygens (including phenoxy) is 1. The van der Waals surface area contributed by atoms with Gasteiger partial charge in [0, 0.05) is 17.9 Å². The van der Waals surface area contributed by atoms with Gasteiger partial charge < -0.3 is 10.1 Å². The van der Waals surface area contributed by atoms with E-state index in [9.17, 15) is 14.4 Å². The maximum absolute atomic E-state index is 13.3. The quantitative estimate of drug-likeness (QED) is 0.419. The Morgan fingerprint density at radius 3 is 1.79 bits per heavy atom. The molecule has 0 unspecified atom stereocenters. The number of alkyl carbamates (subject to hydrolysis) is 1. The van der Waals surface area contributed by atoms with Gasteiger partial charge in [-0.15, -0.1) is 0 Å². The zero-order chi connectivity index (χ0) is 25.0. The van der Waals surface area contributed by atoms with E-state index < -0.39 is 23.7 Å². The second kappa shape index (κ2) is 13.8. The molecule has 1 N–H and O–H groups in total. The lowest BCUT2D eigenvalue weighted by atomic mass is 9.98. The Balaban J connectivity index is 2.22. The van der Waals surface area contributed by atoms with Crippen molar-refractivity contribution in [1.29, 1.82) is 5.26 Å². The van der Waals surface area contributed by atoms with Crippen molar-refractivity contribution in [1.82, 2.24) is 5.32 Å². The zero-order valence-corrected chi connectivity index (χ0v) is 21.3. The van der Waals surface area contributed by atoms with Crippen molar-refractivity contribution in [2.75, 3.05) is 0 Å². The van der Waals surface area contributed by atoms with Crippen LogP contribution in [0.1, 0.15) is 44.7 Å². The monoisotopic (exact) mass is 498 g/mol. The van der Waals surface area contributed by atoms with Crippen LogP contribution in [0, 0.1) is 17.2 Å². The Hall–Kier alpha value is -2.76. The van der Waals surface area contributed by atoms with E-state index in [0.717, 1.165) is 34.7 Å². The fourth-order valence-corrected chi connectivity index (χ4v) is 5.04. The number of benzene rings is 2. The van der Waals surface area contributed by atoms with E-state index in [2.05, 4.69) is 5.32 Å². The zero-order valence-electron chi connectivity index (χ0n) is 19.7. The fraction of sp³-hybridized carbons (Fsp3) is 0.385. The van der Waals surface area contributed by atoms with E-state index in [4.69, 9.17) is 10.00 Å². The first kappa shape index (κ1) is 27.5. The number of hydrogen-bond donors (Lipinski definition) is 1. The smallest absolute Gasteiger partial charge is 0.407 e. The van der Waals surface area contributed by atoms with Gasteiger partial charge in [0.05, 0.1) is 12.1 Å². The van der Waals surface area contributed by atoms with E-state index in [1.54, 1.807) is 20.8 Å². The SMILES string of the molecule is CC(C)(C)OC(=O)N[C@H](CCC#N)C(C(=O)SCc1ccccc1)C(=O)SCc1ccccc1. The van der Waals surface area contributed by atoms with Crippen molar-refractivity contribution in [2.45, 2.75) is 56.8 Å². The Morgan fingerprint density at radius 1 is 0.912 bits per heavy atom. The van der Waals surface area contributed by atoms with Crippen molar-refractivity contribution in [3.8, 4) is 6.07 Å². The molecular weight excluding hydrogens is 468 g/mol. The number of thioether (sulfide) groups is 2. The number of hydrogen-bond acceptors (Lipinski definition) is 7. The maximum atomic E-state index is 13.3. The van der Waals surface area contributed by atoms with Gasteiger partial charge in [0.1, 0.15) is 11.5 Å². The van der Waals surface area contributed by atoms with E-state index in [1.165, 1.54) is 0 Å². The number of nitriles is 1. The molecule has 0 heterocycles. The first-order valence-electron chi connectivity index (χ1n) is 11.0. The Kier molecular flexibility index (Phi) is 11.2. The minimum atomic E-state index is -1.11. The van der Waals surface area contributed by atoms with E-state index in [0.29, 0.717) is 11.5 Å². The molecule has 1 atom stereocenters. The third-order valence-corrected chi connectivity index (χ3v) is 6.66. The van der Waals surface area contributed by atoms with Crippen LogP contribution in [0.5, 0.6) is 0 Å². The molecule has 0 bridgehead atoms. The summed E-state index contributed by atoms with van der Waals surface area (Å²) in [5.41, 5.74) is 1.17. The molecule has 2 rings (SSSR count). The molecule has 34 heavy (non-hydrogen) atoms. The Labute approximate surface area is 209 Å². The highest BCUT2D eigenvalue weighted by atomic mass is 32.2. The normalized spacial score (nSPS) is 12.0. The highest BCUT2D eigenvalue weighted by Gasteiger charge is 2.36. The number of nitrogens with one attached hydrogen (secondary N) is 1. The summed E-state index contributed by atoms with van der Waals surface area (Å²) >= 11 is 2.08. The van der Waals surface area contributed by atoms with Gasteiger partial charge in [-0.05, 0) is 38.3 Å². The predicted octanol–water partition coefficient (Wildman–Crippen LogP) is 5.72. The minimum Gasteiger partial charge on any atom is -0.444 e. The third kappa shape index (κ3) is 10.0. The lowest BCUT2D eigenvalue weighted by Crippen LogP contribution is -2.47. The van der Waals surface area contributed by atoms with Crippen LogP contribution >= 0.6 is 23.5 Å². The molecule has 6 nitrogen and oxygen atoms in total. The molecule has 2 aromatic rings. The van der Waals surface area contributed by atoms with Gasteiger partial charge in [-0.3, -0.25) is 9.59 Å². The maximum Gasteiger partial charge on any atom is 0.407 e. The highest BCUT2D eigenvalue weighted by Crippen LogP contribution is 2.28. The average molecular weight is 499 g/mol. The van der Waals surface area contributed by atoms with Gasteiger partial charge >= 0.3 is 6.09 Å². The molecule has 0 aliphatic heterocycles. The molecule has 0 spiro atoms. The van der Waals surface area contributed by atoms with Crippen LogP contribution in [0.25, 0.3) is 0 Å². The number of carbonyl (C=O) groups excluding carboxylic acids is 3. The summed E-state index contributed by atoms with van der Waals surface area (Å²) in [7, 11) is 0. The van der Waals surface area contributed by atoms with Crippen LogP contribution in [-0.2, 0) is 25.8 Å². The van der Waals surface area contributed by atoms with Crippen LogP contribution in [-0.4, -0.2) is 28.0 Å². The summed E-state index contributed by atoms with van der Waals surface area (Å²) < 4.78 is 5.35. The van der Waals surface area contributed by atoms with E-state index in [1.807, 2.05) is 66.7 Å². The molecule has 2 aromatic carbocycles. The molecule has 0 aliphatic carbocycles. The summed E-state index contributed by atoms with van der Waals surface area (Å²) in [6.45, 7) is 5.20. The molecule has 8 heteroatoms. The highest BCUT2D eigenvalue weighted by molar-refractivity contribution is 8.15. The summed E-state index contributed by atoms with van der Waals surface area (Å²) in [5.74, 6) is -0.294. The van der Waals surface area contributed by atoms with Crippen molar-refractivity contribution >= 4 is 39.8 Å². The third-order valence-electron chi connectivity index (χ3n) is 4.63. The molecule has 180 valence electrons. The average Bonchev–Trinajstić information content (AvgIpc) is 2.80. The summed E-state index contributed by atoms with van der Waals surface area (Å²) in [5, 5.41) is 11.1. The van der Waals surface area contributed by atoms with Gasteiger partial charge in [0.2, 0.25) is 10.2 Å². The topological polar surface area (TPSA) is 96.3 Å². The fourth-order valence-electron chi connectivity index (χ4n) is 3.06. The van der Waals surface area contributed by atoms with Crippen LogP contribution in [0.4, 0.5) is 4.79 Å². The molecular formula is C26H30N2O4S2. The molecule has 1 amide bonds. The standard InChI is InChI=1S/C26H30N2O4S2/c1-26(2,3)32-25(31)28-21(15-10-16-27)22(23(29)33-17-19-11-6-4-7-12-19)24(30)34-18-20-13-8-5-9-14-20/h4-9,11-14,21-22H,10,15,17-18H2,1-3H3,(H,28,31)/t21-/m1/s1. The van der Waals surface area contributed by atoms with E-state index in [-0.39, 0.29) is 23.1 Å². The second-order valence-electron chi connectivity index (χ2n) is 8.61. The van der Waals surface area contributed by atoms with Gasteiger partial charge in [-0.1, -0.05) is 84.2 Å². The molecule has 0 radical (unpaired) electrons. The summed E-state index contributed by atoms with van der Waals surface area (Å²) in [6, 6.07) is 20.2. The number of nitrogens with zero attached hydrogens (tertiary/aromatic N) is 1. The Bertz CT molecular complexity index is 930. The van der Waals surface area contributed by atoms with Gasteiger partial charge in [-0.2, -0.15) is 5.26 Å². The minimum absolute atomic E-state index is 0.0875. The van der Waals surface area contributed by atoms with Gasteiger partial charge in [0.25, 0.3) is 0 Å². The van der Waals surface area contributed by atoms with Gasteiger partial charge in [-0.25, -0.2) is 4.79 Å². The predicted molar refractivity (Wildman–Crippen MR) is 137 cm³/mol.